The number of nitrogens with one attached hydrogen (secondary N) is 1. The summed E-state index contributed by atoms with van der Waals surface area (Å²) in [6.07, 6.45) is 0.691. The number of hydrogen-bond acceptors (Lipinski definition) is 4. The Bertz CT molecular complexity index is 657. The monoisotopic (exact) mass is 302 g/mol. The number of rotatable bonds is 5. The van der Waals surface area contributed by atoms with Gasteiger partial charge in [0.05, 0.1) is 0 Å². The molecule has 0 aliphatic carbocycles. The van der Waals surface area contributed by atoms with Crippen LogP contribution in [0.5, 0.6) is 5.75 Å². The normalized spacial score (nSPS) is 10.5. The van der Waals surface area contributed by atoms with E-state index in [9.17, 15) is 9.18 Å². The Labute approximate surface area is 127 Å². The number of hydrogen-bond donors (Lipinski definition) is 1. The molecule has 114 valence electrons. The number of anilines is 1. The molecule has 0 heterocycles. The Morgan fingerprint density at radius 3 is 2.64 bits per heavy atom. The average Bonchev–Trinajstić information content (AvgIpc) is 2.53. The number of amides is 1. The Balaban J connectivity index is 1.89. The van der Waals surface area contributed by atoms with Crippen LogP contribution in [0.3, 0.4) is 0 Å². The number of benzene rings is 2. The second kappa shape index (κ2) is 7.78. The van der Waals surface area contributed by atoms with Gasteiger partial charge in [0.2, 0.25) is 0 Å². The fraction of sp³-hybridized carbons (Fsp3) is 0.125. The van der Waals surface area contributed by atoms with E-state index in [1.54, 1.807) is 49.4 Å². The maximum Gasteiger partial charge on any atom is 0.437 e. The van der Waals surface area contributed by atoms with Crippen LogP contribution in [0.4, 0.5) is 14.9 Å². The van der Waals surface area contributed by atoms with Crippen molar-refractivity contribution in [3.8, 4) is 5.75 Å². The minimum atomic E-state index is -0.673. The highest BCUT2D eigenvalue weighted by Gasteiger charge is 2.04. The fourth-order valence-corrected chi connectivity index (χ4v) is 1.65. The van der Waals surface area contributed by atoms with Crippen molar-refractivity contribution in [3.05, 3.63) is 59.9 Å². The summed E-state index contributed by atoms with van der Waals surface area (Å²) in [5.41, 5.74) is 1.40. The van der Waals surface area contributed by atoms with Crippen LogP contribution in [0.2, 0.25) is 0 Å². The minimum absolute atomic E-state index is 0.200. The quantitative estimate of drug-likeness (QED) is 0.516. The number of carbonyl (C=O) groups excluding carboxylic acids is 1. The zero-order valence-corrected chi connectivity index (χ0v) is 12.0. The van der Waals surface area contributed by atoms with Crippen LogP contribution < -0.4 is 10.1 Å². The third kappa shape index (κ3) is 4.59. The largest absolute Gasteiger partial charge is 0.486 e. The van der Waals surface area contributed by atoms with E-state index in [0.717, 1.165) is 5.56 Å². The molecule has 0 spiro atoms. The van der Waals surface area contributed by atoms with Crippen molar-refractivity contribution in [2.45, 2.75) is 13.5 Å². The van der Waals surface area contributed by atoms with Crippen LogP contribution in [0.25, 0.3) is 0 Å². The van der Waals surface area contributed by atoms with Gasteiger partial charge in [-0.3, -0.25) is 10.2 Å². The zero-order chi connectivity index (χ0) is 15.8. The van der Waals surface area contributed by atoms with Crippen molar-refractivity contribution < 1.29 is 18.8 Å². The summed E-state index contributed by atoms with van der Waals surface area (Å²) < 4.78 is 18.8. The van der Waals surface area contributed by atoms with Gasteiger partial charge in [-0.25, -0.2) is 9.18 Å². The summed E-state index contributed by atoms with van der Waals surface area (Å²) >= 11 is 0. The highest BCUT2D eigenvalue weighted by molar-refractivity contribution is 5.84. The van der Waals surface area contributed by atoms with E-state index in [1.807, 2.05) is 0 Å². The average molecular weight is 302 g/mol. The maximum absolute atomic E-state index is 13.4. The second-order valence-corrected chi connectivity index (χ2v) is 4.28. The molecule has 0 aromatic heterocycles. The molecule has 0 saturated carbocycles. The molecule has 0 aliphatic rings. The molecule has 2 aromatic rings. The molecular weight excluding hydrogens is 287 g/mol. The SMILES string of the molecule is CC=NOC(=O)Nc1ccc(COc2ccccc2F)cc1. The van der Waals surface area contributed by atoms with Gasteiger partial charge >= 0.3 is 6.09 Å². The van der Waals surface area contributed by atoms with E-state index in [2.05, 4.69) is 15.3 Å². The van der Waals surface area contributed by atoms with E-state index in [0.29, 0.717) is 5.69 Å². The van der Waals surface area contributed by atoms with Crippen LogP contribution >= 0.6 is 0 Å². The smallest absolute Gasteiger partial charge is 0.437 e. The molecule has 5 nitrogen and oxygen atoms in total. The molecule has 0 aliphatic heterocycles. The van der Waals surface area contributed by atoms with Gasteiger partial charge in [-0.15, -0.1) is 0 Å². The van der Waals surface area contributed by atoms with Crippen molar-refractivity contribution in [1.29, 1.82) is 0 Å². The standard InChI is InChI=1S/C16H15FN2O3/c1-2-18-22-16(20)19-13-9-7-12(8-10-13)11-21-15-6-4-3-5-14(15)17/h2-10H,11H2,1H3,(H,19,20). The molecule has 22 heavy (non-hydrogen) atoms. The van der Waals surface area contributed by atoms with Crippen LogP contribution in [0.1, 0.15) is 12.5 Å². The van der Waals surface area contributed by atoms with E-state index in [-0.39, 0.29) is 12.4 Å². The first kappa shape index (κ1) is 15.5. The van der Waals surface area contributed by atoms with Crippen LogP contribution in [0.15, 0.2) is 53.7 Å². The van der Waals surface area contributed by atoms with Crippen molar-refractivity contribution in [2.75, 3.05) is 5.32 Å². The van der Waals surface area contributed by atoms with E-state index in [4.69, 9.17) is 4.74 Å². The Morgan fingerprint density at radius 2 is 1.95 bits per heavy atom. The molecule has 2 rings (SSSR count). The van der Waals surface area contributed by atoms with E-state index >= 15 is 0 Å². The van der Waals surface area contributed by atoms with Crippen molar-refractivity contribution in [1.82, 2.24) is 0 Å². The molecule has 0 unspecified atom stereocenters. The maximum atomic E-state index is 13.4. The van der Waals surface area contributed by atoms with Crippen molar-refractivity contribution >= 4 is 18.0 Å². The summed E-state index contributed by atoms with van der Waals surface area (Å²) in [7, 11) is 0. The lowest BCUT2D eigenvalue weighted by Gasteiger charge is -2.08. The fourth-order valence-electron chi connectivity index (χ4n) is 1.65. The second-order valence-electron chi connectivity index (χ2n) is 4.28. The van der Waals surface area contributed by atoms with Gasteiger partial charge in [0.1, 0.15) is 6.61 Å². The molecular formula is C16H15FN2O3. The summed E-state index contributed by atoms with van der Waals surface area (Å²) in [6.45, 7) is 1.86. The third-order valence-corrected chi connectivity index (χ3v) is 2.67. The molecule has 2 aromatic carbocycles. The first-order chi connectivity index (χ1) is 10.7. The Kier molecular flexibility index (Phi) is 5.48. The van der Waals surface area contributed by atoms with Crippen molar-refractivity contribution in [3.63, 3.8) is 0 Å². The molecule has 1 amide bonds. The zero-order valence-electron chi connectivity index (χ0n) is 12.0. The molecule has 6 heteroatoms. The molecule has 0 radical (unpaired) electrons. The molecule has 0 saturated heterocycles. The Morgan fingerprint density at radius 1 is 1.23 bits per heavy atom. The summed E-state index contributed by atoms with van der Waals surface area (Å²) in [5, 5.41) is 5.88. The van der Waals surface area contributed by atoms with Crippen LogP contribution in [-0.4, -0.2) is 12.3 Å². The van der Waals surface area contributed by atoms with Crippen molar-refractivity contribution in [2.24, 2.45) is 5.16 Å². The predicted molar refractivity (Wildman–Crippen MR) is 81.4 cm³/mol. The number of carbonyl (C=O) groups is 1. The van der Waals surface area contributed by atoms with Gasteiger partial charge in [-0.1, -0.05) is 29.4 Å². The highest BCUT2D eigenvalue weighted by atomic mass is 19.1. The lowest BCUT2D eigenvalue weighted by Crippen LogP contribution is -2.10. The molecule has 1 N–H and O–H groups in total. The molecule has 0 bridgehead atoms. The van der Waals surface area contributed by atoms with Gasteiger partial charge in [-0.05, 0) is 36.8 Å². The summed E-state index contributed by atoms with van der Waals surface area (Å²) in [5.74, 6) is -0.203. The number of ether oxygens (including phenoxy) is 1. The predicted octanol–water partition coefficient (Wildman–Crippen LogP) is 3.96. The van der Waals surface area contributed by atoms with Gasteiger partial charge in [-0.2, -0.15) is 0 Å². The number of para-hydroxylation sites is 1. The summed E-state index contributed by atoms with van der Waals surface area (Å²) in [6, 6.07) is 13.1. The van der Waals surface area contributed by atoms with Gasteiger partial charge in [0.25, 0.3) is 0 Å². The lowest BCUT2D eigenvalue weighted by atomic mass is 10.2. The van der Waals surface area contributed by atoms with Gasteiger partial charge < -0.3 is 4.74 Å². The summed E-state index contributed by atoms with van der Waals surface area (Å²) in [4.78, 5) is 15.8. The first-order valence-corrected chi connectivity index (χ1v) is 6.61. The lowest BCUT2D eigenvalue weighted by molar-refractivity contribution is 0.167. The number of oxime groups is 1. The first-order valence-electron chi connectivity index (χ1n) is 6.61. The van der Waals surface area contributed by atoms with Gasteiger partial charge in [0, 0.05) is 11.9 Å². The number of halogens is 1. The van der Waals surface area contributed by atoms with E-state index in [1.165, 1.54) is 12.3 Å². The van der Waals surface area contributed by atoms with Crippen LogP contribution in [-0.2, 0) is 11.4 Å². The topological polar surface area (TPSA) is 59.9 Å². The van der Waals surface area contributed by atoms with Crippen LogP contribution in [0, 0.1) is 5.82 Å². The number of nitrogens with zero attached hydrogens (tertiary/aromatic N) is 1. The Hall–Kier alpha value is -2.89. The molecule has 0 atom stereocenters. The van der Waals surface area contributed by atoms with E-state index < -0.39 is 11.9 Å². The third-order valence-electron chi connectivity index (χ3n) is 2.67. The minimum Gasteiger partial charge on any atom is -0.486 e. The highest BCUT2D eigenvalue weighted by Crippen LogP contribution is 2.18. The molecule has 0 fully saturated rings. The van der Waals surface area contributed by atoms with Gasteiger partial charge in [0.15, 0.2) is 11.6 Å².